The topological polar surface area (TPSA) is 60.2 Å². The fourth-order valence-corrected chi connectivity index (χ4v) is 1.75. The molecule has 0 aromatic carbocycles. The maximum absolute atomic E-state index is 5.52. The third-order valence-electron chi connectivity index (χ3n) is 2.80. The van der Waals surface area contributed by atoms with Crippen LogP contribution in [0.15, 0.2) is 18.3 Å². The number of methoxy groups -OCH3 is 1. The van der Waals surface area contributed by atoms with Gasteiger partial charge in [-0.2, -0.15) is 0 Å². The number of nitrogens with two attached hydrogens (primary N) is 1. The van der Waals surface area contributed by atoms with Crippen molar-refractivity contribution in [2.24, 2.45) is 5.73 Å². The minimum absolute atomic E-state index is 0.352. The molecule has 1 aromatic heterocycles. The Bertz CT molecular complexity index is 317. The number of aryl methyl sites for hydroxylation is 1. The standard InChI is InChI=1S/C13H23N3O/c1-11-5-4-8-15-13(11)9-16-12(10-17-2)6-3-7-14/h4-5,8,12,16H,3,6-7,9-10,14H2,1-2H3. The molecule has 17 heavy (non-hydrogen) atoms. The van der Waals surface area contributed by atoms with Crippen LogP contribution in [0.2, 0.25) is 0 Å². The Morgan fingerprint density at radius 3 is 3.00 bits per heavy atom. The Morgan fingerprint density at radius 2 is 2.35 bits per heavy atom. The number of pyridine rings is 1. The first-order valence-electron chi connectivity index (χ1n) is 6.10. The molecule has 0 saturated heterocycles. The second-order valence-electron chi connectivity index (χ2n) is 4.23. The van der Waals surface area contributed by atoms with Crippen LogP contribution < -0.4 is 11.1 Å². The van der Waals surface area contributed by atoms with Crippen molar-refractivity contribution in [3.05, 3.63) is 29.6 Å². The lowest BCUT2D eigenvalue weighted by Crippen LogP contribution is -2.33. The van der Waals surface area contributed by atoms with Gasteiger partial charge < -0.3 is 15.8 Å². The first-order chi connectivity index (χ1) is 8.27. The molecular weight excluding hydrogens is 214 g/mol. The van der Waals surface area contributed by atoms with Crippen molar-refractivity contribution in [3.63, 3.8) is 0 Å². The van der Waals surface area contributed by atoms with Crippen LogP contribution in [0, 0.1) is 6.92 Å². The van der Waals surface area contributed by atoms with Crippen molar-refractivity contribution < 1.29 is 4.74 Å². The lowest BCUT2D eigenvalue weighted by molar-refractivity contribution is 0.161. The summed E-state index contributed by atoms with van der Waals surface area (Å²) in [6.07, 6.45) is 3.88. The van der Waals surface area contributed by atoms with E-state index in [1.165, 1.54) is 5.56 Å². The number of hydrogen-bond acceptors (Lipinski definition) is 4. The van der Waals surface area contributed by atoms with Crippen molar-refractivity contribution >= 4 is 0 Å². The van der Waals surface area contributed by atoms with E-state index in [2.05, 4.69) is 23.3 Å². The highest BCUT2D eigenvalue weighted by Crippen LogP contribution is 2.04. The molecule has 1 unspecified atom stereocenters. The van der Waals surface area contributed by atoms with Crippen LogP contribution in [-0.4, -0.2) is 31.3 Å². The molecule has 0 aliphatic rings. The molecule has 1 aromatic rings. The van der Waals surface area contributed by atoms with Crippen LogP contribution >= 0.6 is 0 Å². The molecule has 0 fully saturated rings. The molecular formula is C13H23N3O. The van der Waals surface area contributed by atoms with E-state index in [0.717, 1.165) is 31.6 Å². The van der Waals surface area contributed by atoms with Gasteiger partial charge in [-0.25, -0.2) is 0 Å². The minimum Gasteiger partial charge on any atom is -0.383 e. The van der Waals surface area contributed by atoms with Crippen LogP contribution in [0.5, 0.6) is 0 Å². The first-order valence-corrected chi connectivity index (χ1v) is 6.10. The molecule has 4 heteroatoms. The number of nitrogens with one attached hydrogen (secondary N) is 1. The fourth-order valence-electron chi connectivity index (χ4n) is 1.75. The summed E-state index contributed by atoms with van der Waals surface area (Å²) in [6.45, 7) is 4.30. The van der Waals surface area contributed by atoms with Gasteiger partial charge in [-0.05, 0) is 37.9 Å². The van der Waals surface area contributed by atoms with Crippen LogP contribution in [0.3, 0.4) is 0 Å². The Morgan fingerprint density at radius 1 is 1.53 bits per heavy atom. The van der Waals surface area contributed by atoms with Gasteiger partial charge in [-0.15, -0.1) is 0 Å². The average Bonchev–Trinajstić information content (AvgIpc) is 2.34. The maximum Gasteiger partial charge on any atom is 0.0615 e. The van der Waals surface area contributed by atoms with E-state index in [-0.39, 0.29) is 0 Å². The monoisotopic (exact) mass is 237 g/mol. The highest BCUT2D eigenvalue weighted by molar-refractivity contribution is 5.17. The Hall–Kier alpha value is -0.970. The van der Waals surface area contributed by atoms with Crippen molar-refractivity contribution in [2.75, 3.05) is 20.3 Å². The SMILES string of the molecule is COCC(CCCN)NCc1ncccc1C. The van der Waals surface area contributed by atoms with E-state index in [1.807, 2.05) is 12.3 Å². The highest BCUT2D eigenvalue weighted by atomic mass is 16.5. The van der Waals surface area contributed by atoms with E-state index in [1.54, 1.807) is 7.11 Å². The van der Waals surface area contributed by atoms with Gasteiger partial charge in [0.15, 0.2) is 0 Å². The minimum atomic E-state index is 0.352. The van der Waals surface area contributed by atoms with Gasteiger partial charge in [0.05, 0.1) is 12.3 Å². The summed E-state index contributed by atoms with van der Waals surface area (Å²) in [5.41, 5.74) is 7.84. The van der Waals surface area contributed by atoms with E-state index < -0.39 is 0 Å². The van der Waals surface area contributed by atoms with Crippen molar-refractivity contribution in [2.45, 2.75) is 32.4 Å². The van der Waals surface area contributed by atoms with Crippen LogP contribution in [0.1, 0.15) is 24.1 Å². The highest BCUT2D eigenvalue weighted by Gasteiger charge is 2.08. The third-order valence-corrected chi connectivity index (χ3v) is 2.80. The summed E-state index contributed by atoms with van der Waals surface area (Å²) in [4.78, 5) is 4.36. The fraction of sp³-hybridized carbons (Fsp3) is 0.615. The Kier molecular flexibility index (Phi) is 6.77. The summed E-state index contributed by atoms with van der Waals surface area (Å²) < 4.78 is 5.20. The second kappa shape index (κ2) is 8.17. The van der Waals surface area contributed by atoms with Crippen LogP contribution in [-0.2, 0) is 11.3 Å². The number of hydrogen-bond donors (Lipinski definition) is 2. The zero-order valence-electron chi connectivity index (χ0n) is 10.8. The van der Waals surface area contributed by atoms with Gasteiger partial charge in [0.2, 0.25) is 0 Å². The lowest BCUT2D eigenvalue weighted by Gasteiger charge is -2.17. The number of ether oxygens (including phenoxy) is 1. The van der Waals surface area contributed by atoms with Crippen molar-refractivity contribution in [1.82, 2.24) is 10.3 Å². The molecule has 1 atom stereocenters. The molecule has 4 nitrogen and oxygen atoms in total. The molecule has 0 aliphatic heterocycles. The van der Waals surface area contributed by atoms with E-state index >= 15 is 0 Å². The predicted octanol–water partition coefficient (Wildman–Crippen LogP) is 1.23. The molecule has 3 N–H and O–H groups in total. The third kappa shape index (κ3) is 5.26. The number of nitrogens with zero attached hydrogens (tertiary/aromatic N) is 1. The largest absolute Gasteiger partial charge is 0.383 e. The van der Waals surface area contributed by atoms with E-state index in [4.69, 9.17) is 10.5 Å². The van der Waals surface area contributed by atoms with Gasteiger partial charge >= 0.3 is 0 Å². The lowest BCUT2D eigenvalue weighted by atomic mass is 10.1. The summed E-state index contributed by atoms with van der Waals surface area (Å²) in [7, 11) is 1.73. The summed E-state index contributed by atoms with van der Waals surface area (Å²) in [6, 6.07) is 4.39. The van der Waals surface area contributed by atoms with Crippen molar-refractivity contribution in [3.8, 4) is 0 Å². The summed E-state index contributed by atoms with van der Waals surface area (Å²) in [5.74, 6) is 0. The molecule has 0 amide bonds. The zero-order valence-corrected chi connectivity index (χ0v) is 10.8. The molecule has 96 valence electrons. The van der Waals surface area contributed by atoms with Crippen molar-refractivity contribution in [1.29, 1.82) is 0 Å². The van der Waals surface area contributed by atoms with Gasteiger partial charge in [0.25, 0.3) is 0 Å². The molecule has 0 radical (unpaired) electrons. The van der Waals surface area contributed by atoms with Gasteiger partial charge in [-0.3, -0.25) is 4.98 Å². The molecule has 0 bridgehead atoms. The summed E-state index contributed by atoms with van der Waals surface area (Å²) in [5, 5.41) is 3.47. The van der Waals surface area contributed by atoms with Crippen LogP contribution in [0.25, 0.3) is 0 Å². The quantitative estimate of drug-likeness (QED) is 0.714. The molecule has 1 rings (SSSR count). The second-order valence-corrected chi connectivity index (χ2v) is 4.23. The summed E-state index contributed by atoms with van der Waals surface area (Å²) >= 11 is 0. The zero-order chi connectivity index (χ0) is 12.5. The van der Waals surface area contributed by atoms with Gasteiger partial charge in [-0.1, -0.05) is 6.07 Å². The van der Waals surface area contributed by atoms with E-state index in [9.17, 15) is 0 Å². The Labute approximate surface area is 104 Å². The maximum atomic E-state index is 5.52. The first kappa shape index (κ1) is 14.1. The van der Waals surface area contributed by atoms with E-state index in [0.29, 0.717) is 12.6 Å². The number of aromatic nitrogens is 1. The average molecular weight is 237 g/mol. The number of rotatable bonds is 8. The Balaban J connectivity index is 2.42. The van der Waals surface area contributed by atoms with Gasteiger partial charge in [0, 0.05) is 25.9 Å². The molecule has 0 saturated carbocycles. The normalized spacial score (nSPS) is 12.6. The van der Waals surface area contributed by atoms with Gasteiger partial charge in [0.1, 0.15) is 0 Å². The van der Waals surface area contributed by atoms with Crippen LogP contribution in [0.4, 0.5) is 0 Å². The predicted molar refractivity (Wildman–Crippen MR) is 69.8 cm³/mol. The molecule has 0 spiro atoms. The molecule has 0 aliphatic carbocycles. The smallest absolute Gasteiger partial charge is 0.0615 e. The molecule has 1 heterocycles.